The van der Waals surface area contributed by atoms with Crippen molar-refractivity contribution in [3.05, 3.63) is 40.4 Å². The fourth-order valence-electron chi connectivity index (χ4n) is 1.60. The first-order valence-corrected chi connectivity index (χ1v) is 6.38. The average Bonchev–Trinajstić information content (AvgIpc) is 2.78. The first-order valence-electron chi connectivity index (χ1n) is 5.97. The number of nitrogens with zero attached hydrogens (tertiary/aromatic N) is 3. The summed E-state index contributed by atoms with van der Waals surface area (Å²) in [6.07, 6.45) is 1.75. The highest BCUT2D eigenvalue weighted by Gasteiger charge is 2.08. The lowest BCUT2D eigenvalue weighted by molar-refractivity contribution is 0.415. The number of hydrogen-bond acceptors (Lipinski definition) is 4. The van der Waals surface area contributed by atoms with Crippen LogP contribution in [0.4, 0.5) is 0 Å². The molecule has 0 saturated carbocycles. The topological polar surface area (TPSA) is 55.2 Å². The Bertz CT molecular complexity index is 625. The molecule has 0 bridgehead atoms. The van der Waals surface area contributed by atoms with Crippen LogP contribution in [0.15, 0.2) is 29.4 Å². The van der Waals surface area contributed by atoms with Crippen LogP contribution in [0.25, 0.3) is 0 Å². The molecule has 2 rings (SSSR count). The highest BCUT2D eigenvalue weighted by atomic mass is 32.1. The maximum atomic E-state index is 5.16. The van der Waals surface area contributed by atoms with Gasteiger partial charge in [-0.25, -0.2) is 0 Å². The molecule has 0 aliphatic heterocycles. The van der Waals surface area contributed by atoms with Crippen LogP contribution in [0.3, 0.4) is 0 Å². The summed E-state index contributed by atoms with van der Waals surface area (Å²) in [5.41, 5.74) is 0.971. The van der Waals surface area contributed by atoms with E-state index >= 15 is 0 Å². The molecule has 1 aromatic heterocycles. The van der Waals surface area contributed by atoms with E-state index in [9.17, 15) is 0 Å². The van der Waals surface area contributed by atoms with Gasteiger partial charge in [-0.05, 0) is 42.0 Å². The van der Waals surface area contributed by atoms with Crippen LogP contribution in [0.5, 0.6) is 5.75 Å². The summed E-state index contributed by atoms with van der Waals surface area (Å²) in [6.45, 7) is 4.09. The SMILES string of the molecule is COc1ccc(/C=N/n2c(C(C)C)n[nH]c2=S)cc1. The molecule has 0 fully saturated rings. The van der Waals surface area contributed by atoms with E-state index in [1.165, 1.54) is 0 Å². The molecule has 6 heteroatoms. The van der Waals surface area contributed by atoms with E-state index in [1.54, 1.807) is 18.0 Å². The Morgan fingerprint density at radius 2 is 2.05 bits per heavy atom. The smallest absolute Gasteiger partial charge is 0.216 e. The van der Waals surface area contributed by atoms with E-state index in [-0.39, 0.29) is 5.92 Å². The molecule has 0 saturated heterocycles. The monoisotopic (exact) mass is 276 g/mol. The summed E-state index contributed by atoms with van der Waals surface area (Å²) in [6, 6.07) is 7.64. The summed E-state index contributed by atoms with van der Waals surface area (Å²) in [5.74, 6) is 1.88. The van der Waals surface area contributed by atoms with Crippen LogP contribution in [0.1, 0.15) is 31.2 Å². The van der Waals surface area contributed by atoms with Gasteiger partial charge in [0.05, 0.1) is 13.3 Å². The third-order valence-electron chi connectivity index (χ3n) is 2.63. The molecular weight excluding hydrogens is 260 g/mol. The fraction of sp³-hybridized carbons (Fsp3) is 0.308. The zero-order valence-electron chi connectivity index (χ0n) is 11.1. The average molecular weight is 276 g/mol. The number of aromatic nitrogens is 3. The number of nitrogens with one attached hydrogen (secondary N) is 1. The van der Waals surface area contributed by atoms with Gasteiger partial charge in [0.1, 0.15) is 5.75 Å². The second-order valence-electron chi connectivity index (χ2n) is 4.37. The van der Waals surface area contributed by atoms with Crippen molar-refractivity contribution in [2.45, 2.75) is 19.8 Å². The lowest BCUT2D eigenvalue weighted by Crippen LogP contribution is -2.00. The molecule has 19 heavy (non-hydrogen) atoms. The third-order valence-corrected chi connectivity index (χ3v) is 2.89. The zero-order chi connectivity index (χ0) is 13.8. The zero-order valence-corrected chi connectivity index (χ0v) is 11.9. The Morgan fingerprint density at radius 3 is 2.63 bits per heavy atom. The van der Waals surface area contributed by atoms with E-state index in [0.29, 0.717) is 4.77 Å². The normalized spacial score (nSPS) is 11.4. The van der Waals surface area contributed by atoms with Crippen molar-refractivity contribution < 1.29 is 4.74 Å². The number of H-pyrrole nitrogens is 1. The quantitative estimate of drug-likeness (QED) is 0.690. The second kappa shape index (κ2) is 5.79. The standard InChI is InChI=1S/C13H16N4OS/c1-9(2)12-15-16-13(19)17(12)14-8-10-4-6-11(18-3)7-5-10/h4-9H,1-3H3,(H,16,19)/b14-8+. The largest absolute Gasteiger partial charge is 0.497 e. The molecule has 1 heterocycles. The maximum Gasteiger partial charge on any atom is 0.216 e. The van der Waals surface area contributed by atoms with E-state index in [4.69, 9.17) is 17.0 Å². The van der Waals surface area contributed by atoms with Crippen molar-refractivity contribution in [3.8, 4) is 5.75 Å². The summed E-state index contributed by atoms with van der Waals surface area (Å²) in [5, 5.41) is 11.3. The number of ether oxygens (including phenoxy) is 1. The maximum absolute atomic E-state index is 5.16. The van der Waals surface area contributed by atoms with Gasteiger partial charge in [-0.2, -0.15) is 14.9 Å². The van der Waals surface area contributed by atoms with Crippen LogP contribution in [-0.2, 0) is 0 Å². The lowest BCUT2D eigenvalue weighted by atomic mass is 10.2. The highest BCUT2D eigenvalue weighted by Crippen LogP contribution is 2.12. The van der Waals surface area contributed by atoms with Gasteiger partial charge in [-0.15, -0.1) is 0 Å². The molecule has 100 valence electrons. The number of benzene rings is 1. The molecule has 2 aromatic rings. The van der Waals surface area contributed by atoms with E-state index in [1.807, 2.05) is 38.1 Å². The minimum atomic E-state index is 0.251. The van der Waals surface area contributed by atoms with Gasteiger partial charge in [0.15, 0.2) is 5.82 Å². The molecule has 5 nitrogen and oxygen atoms in total. The summed E-state index contributed by atoms with van der Waals surface area (Å²) in [4.78, 5) is 0. The van der Waals surface area contributed by atoms with E-state index in [2.05, 4.69) is 15.3 Å². The second-order valence-corrected chi connectivity index (χ2v) is 4.76. The van der Waals surface area contributed by atoms with E-state index < -0.39 is 0 Å². The minimum absolute atomic E-state index is 0.251. The van der Waals surface area contributed by atoms with Crippen molar-refractivity contribution in [2.24, 2.45) is 5.10 Å². The Balaban J connectivity index is 2.27. The minimum Gasteiger partial charge on any atom is -0.497 e. The Morgan fingerprint density at radius 1 is 1.37 bits per heavy atom. The van der Waals surface area contributed by atoms with Crippen LogP contribution in [-0.4, -0.2) is 28.2 Å². The van der Waals surface area contributed by atoms with Crippen LogP contribution in [0, 0.1) is 4.77 Å². The number of methoxy groups -OCH3 is 1. The summed E-state index contributed by atoms with van der Waals surface area (Å²) < 4.78 is 7.24. The number of rotatable bonds is 4. The lowest BCUT2D eigenvalue weighted by Gasteiger charge is -2.03. The molecule has 0 radical (unpaired) electrons. The first kappa shape index (κ1) is 13.5. The van der Waals surface area contributed by atoms with Gasteiger partial charge in [-0.3, -0.25) is 5.10 Å². The summed E-state index contributed by atoms with van der Waals surface area (Å²) in [7, 11) is 1.64. The van der Waals surface area contributed by atoms with Gasteiger partial charge < -0.3 is 4.74 Å². The van der Waals surface area contributed by atoms with Gasteiger partial charge in [0.2, 0.25) is 4.77 Å². The predicted octanol–water partition coefficient (Wildman–Crippen LogP) is 2.95. The Labute approximate surface area is 116 Å². The Kier molecular flexibility index (Phi) is 4.11. The Hall–Kier alpha value is -1.95. The van der Waals surface area contributed by atoms with Crippen molar-refractivity contribution in [1.29, 1.82) is 0 Å². The highest BCUT2D eigenvalue weighted by molar-refractivity contribution is 7.71. The predicted molar refractivity (Wildman–Crippen MR) is 77.5 cm³/mol. The van der Waals surface area contributed by atoms with Crippen molar-refractivity contribution >= 4 is 18.4 Å². The molecule has 0 amide bonds. The molecule has 0 unspecified atom stereocenters. The third kappa shape index (κ3) is 3.08. The summed E-state index contributed by atoms with van der Waals surface area (Å²) >= 11 is 5.16. The molecule has 0 atom stereocenters. The van der Waals surface area contributed by atoms with Gasteiger partial charge in [0, 0.05) is 5.92 Å². The van der Waals surface area contributed by atoms with Crippen LogP contribution >= 0.6 is 12.2 Å². The van der Waals surface area contributed by atoms with Crippen molar-refractivity contribution in [2.75, 3.05) is 7.11 Å². The van der Waals surface area contributed by atoms with Crippen LogP contribution < -0.4 is 4.74 Å². The fourth-order valence-corrected chi connectivity index (χ4v) is 1.79. The molecule has 1 N–H and O–H groups in total. The van der Waals surface area contributed by atoms with Crippen molar-refractivity contribution in [1.82, 2.24) is 14.9 Å². The first-order chi connectivity index (χ1) is 9.11. The molecule has 0 aliphatic rings. The van der Waals surface area contributed by atoms with Gasteiger partial charge in [0.25, 0.3) is 0 Å². The molecule has 0 spiro atoms. The van der Waals surface area contributed by atoms with Crippen molar-refractivity contribution in [3.63, 3.8) is 0 Å². The van der Waals surface area contributed by atoms with Gasteiger partial charge >= 0.3 is 0 Å². The van der Waals surface area contributed by atoms with Gasteiger partial charge in [-0.1, -0.05) is 13.8 Å². The van der Waals surface area contributed by atoms with E-state index in [0.717, 1.165) is 17.1 Å². The number of aromatic amines is 1. The molecule has 0 aliphatic carbocycles. The molecular formula is C13H16N4OS. The number of hydrogen-bond donors (Lipinski definition) is 1. The molecule has 1 aromatic carbocycles. The van der Waals surface area contributed by atoms with Crippen LogP contribution in [0.2, 0.25) is 0 Å².